The maximum absolute atomic E-state index is 14.0. The minimum atomic E-state index is -1.75. The minimum absolute atomic E-state index is 0.0624. The Balaban J connectivity index is 1.77. The molecule has 16 nitrogen and oxygen atoms in total. The molecule has 0 unspecified atom stereocenters. The van der Waals surface area contributed by atoms with Crippen LogP contribution < -0.4 is 11.2 Å². The molecule has 0 spiro atoms. The summed E-state index contributed by atoms with van der Waals surface area (Å²) >= 11 is 0. The van der Waals surface area contributed by atoms with E-state index in [4.69, 9.17) is 8.83 Å². The molecule has 0 aromatic carbocycles. The van der Waals surface area contributed by atoms with Gasteiger partial charge in [-0.2, -0.15) is 13.5 Å². The van der Waals surface area contributed by atoms with Crippen LogP contribution in [-0.4, -0.2) is 31.2 Å². The first-order chi connectivity index (χ1) is 15.6. The van der Waals surface area contributed by atoms with Crippen molar-refractivity contribution in [3.63, 3.8) is 0 Å². The average Bonchev–Trinajstić information content (AvgIpc) is 3.43. The molecular formula is C16H9FN4O12. The van der Waals surface area contributed by atoms with Gasteiger partial charge in [0.05, 0.1) is 18.3 Å². The van der Waals surface area contributed by atoms with Crippen molar-refractivity contribution in [2.24, 2.45) is 0 Å². The molecule has 0 aliphatic rings. The molecule has 0 aliphatic heterocycles. The molecule has 0 N–H and O–H groups in total. The van der Waals surface area contributed by atoms with Crippen LogP contribution in [0.25, 0.3) is 0 Å². The maximum atomic E-state index is 14.0. The monoisotopic (exact) mass is 468 g/mol. The molecule has 3 aromatic heterocycles. The Morgan fingerprint density at radius 3 is 1.85 bits per heavy atom. The molecule has 0 saturated heterocycles. The molecule has 17 heteroatoms. The summed E-state index contributed by atoms with van der Waals surface area (Å²) in [5.41, 5.74) is -3.41. The van der Waals surface area contributed by atoms with E-state index in [1.54, 1.807) is 0 Å². The summed E-state index contributed by atoms with van der Waals surface area (Å²) in [7, 11) is 0. The number of carbonyl (C=O) groups excluding carboxylic acids is 2. The molecule has 33 heavy (non-hydrogen) atoms. The largest absolute Gasteiger partial charge is 0.441 e. The normalized spacial score (nSPS) is 10.6. The van der Waals surface area contributed by atoms with E-state index in [0.29, 0.717) is 0 Å². The molecular weight excluding hydrogens is 459 g/mol. The van der Waals surface area contributed by atoms with E-state index >= 15 is 0 Å². The zero-order chi connectivity index (χ0) is 24.3. The van der Waals surface area contributed by atoms with Gasteiger partial charge in [-0.15, -0.1) is 0 Å². The van der Waals surface area contributed by atoms with Crippen LogP contribution >= 0.6 is 0 Å². The first-order valence-corrected chi connectivity index (χ1v) is 8.43. The summed E-state index contributed by atoms with van der Waals surface area (Å²) in [5.74, 6) is -3.44. The van der Waals surface area contributed by atoms with Gasteiger partial charge in [0.1, 0.15) is 21.4 Å². The number of hydrogen-bond donors (Lipinski definition) is 0. The van der Waals surface area contributed by atoms with Crippen molar-refractivity contribution in [2.45, 2.75) is 13.2 Å². The summed E-state index contributed by atoms with van der Waals surface area (Å²) < 4.78 is 32.3. The summed E-state index contributed by atoms with van der Waals surface area (Å²) in [6, 6.07) is 4.10. The second-order valence-electron chi connectivity index (χ2n) is 5.87. The maximum Gasteiger partial charge on any atom is 0.433 e. The number of aromatic nitrogens is 2. The second-order valence-corrected chi connectivity index (χ2v) is 5.87. The average molecular weight is 468 g/mol. The van der Waals surface area contributed by atoms with Crippen LogP contribution in [0.2, 0.25) is 0 Å². The Hall–Kier alpha value is -5.09. The van der Waals surface area contributed by atoms with E-state index in [-0.39, 0.29) is 26.9 Å². The lowest BCUT2D eigenvalue weighted by atomic mass is 10.5. The summed E-state index contributed by atoms with van der Waals surface area (Å²) in [6.07, 6.45) is -3.11. The van der Waals surface area contributed by atoms with Gasteiger partial charge in [0.2, 0.25) is 5.82 Å². The number of carbonyl (C=O) groups is 2. The second kappa shape index (κ2) is 8.96. The molecule has 3 heterocycles. The Bertz CT molecular complexity index is 1380. The van der Waals surface area contributed by atoms with Crippen molar-refractivity contribution in [1.29, 1.82) is 0 Å². The minimum Gasteiger partial charge on any atom is -0.441 e. The molecule has 3 aromatic rings. The van der Waals surface area contributed by atoms with E-state index in [0.717, 1.165) is 24.3 Å². The first-order valence-electron chi connectivity index (χ1n) is 8.43. The number of hydrogen-bond acceptors (Lipinski definition) is 12. The lowest BCUT2D eigenvalue weighted by molar-refractivity contribution is -0.402. The molecule has 172 valence electrons. The topological polar surface area (TPSA) is 209 Å². The quantitative estimate of drug-likeness (QED) is 0.372. The van der Waals surface area contributed by atoms with Crippen molar-refractivity contribution >= 4 is 24.0 Å². The molecule has 0 fully saturated rings. The van der Waals surface area contributed by atoms with Gasteiger partial charge in [0.25, 0.3) is 0 Å². The van der Waals surface area contributed by atoms with Gasteiger partial charge in [0, 0.05) is 0 Å². The van der Waals surface area contributed by atoms with Crippen LogP contribution in [0, 0.1) is 26.0 Å². The number of rotatable bonds is 6. The highest BCUT2D eigenvalue weighted by Crippen LogP contribution is 2.17. The third-order valence-corrected chi connectivity index (χ3v) is 3.76. The van der Waals surface area contributed by atoms with Gasteiger partial charge in [-0.3, -0.25) is 25.0 Å². The third-order valence-electron chi connectivity index (χ3n) is 3.76. The number of halogens is 1. The Morgan fingerprint density at radius 2 is 1.39 bits per heavy atom. The molecule has 0 bridgehead atoms. The molecule has 0 amide bonds. The fourth-order valence-corrected chi connectivity index (χ4v) is 2.30. The smallest absolute Gasteiger partial charge is 0.433 e. The van der Waals surface area contributed by atoms with Gasteiger partial charge >= 0.3 is 35.2 Å². The molecule has 0 aliphatic carbocycles. The Kier molecular flexibility index (Phi) is 6.13. The summed E-state index contributed by atoms with van der Waals surface area (Å²) in [6.45, 7) is -1.47. The lowest BCUT2D eigenvalue weighted by Gasteiger charge is -2.09. The van der Waals surface area contributed by atoms with E-state index in [1.165, 1.54) is 0 Å². The third kappa shape index (κ3) is 4.81. The summed E-state index contributed by atoms with van der Waals surface area (Å²) in [5, 5.41) is 21.1. The van der Waals surface area contributed by atoms with Crippen LogP contribution in [-0.2, 0) is 22.7 Å². The predicted molar refractivity (Wildman–Crippen MR) is 96.8 cm³/mol. The van der Waals surface area contributed by atoms with E-state index in [9.17, 15) is 43.8 Å². The Morgan fingerprint density at radius 1 is 0.909 bits per heavy atom. The SMILES string of the molecule is O=C(OCc1ccc([N+](=O)[O-])o1)n1cc(F)c(=O)n(C(=O)OCc2ccc([N+](=O)[O-])o2)c1=O. The van der Waals surface area contributed by atoms with Gasteiger partial charge in [0.15, 0.2) is 13.2 Å². The number of furan rings is 2. The number of ether oxygens (including phenoxy) is 2. The molecule has 0 saturated carbocycles. The van der Waals surface area contributed by atoms with Crippen LogP contribution in [0.1, 0.15) is 11.5 Å². The van der Waals surface area contributed by atoms with Crippen LogP contribution in [0.3, 0.4) is 0 Å². The highest BCUT2D eigenvalue weighted by atomic mass is 19.1. The van der Waals surface area contributed by atoms with E-state index in [2.05, 4.69) is 9.47 Å². The molecule has 0 atom stereocenters. The standard InChI is InChI=1S/C16H9FN4O12/c17-10-5-18(15(24)30-6-8-1-3-11(32-8)20(26)27)14(23)19(13(10)22)16(25)31-7-9-2-4-12(33-9)21(28)29/h1-5H,6-7H2. The zero-order valence-electron chi connectivity index (χ0n) is 15.9. The van der Waals surface area contributed by atoms with Crippen molar-refractivity contribution in [3.8, 4) is 0 Å². The Labute approximate surface area is 178 Å². The van der Waals surface area contributed by atoms with E-state index < -0.39 is 64.1 Å². The molecule has 0 radical (unpaired) electrons. The fraction of sp³-hybridized carbons (Fsp3) is 0.125. The fourth-order valence-electron chi connectivity index (χ4n) is 2.30. The van der Waals surface area contributed by atoms with Crippen molar-refractivity contribution in [1.82, 2.24) is 9.13 Å². The van der Waals surface area contributed by atoms with Gasteiger partial charge in [-0.25, -0.2) is 14.4 Å². The first kappa shape index (κ1) is 22.6. The highest BCUT2D eigenvalue weighted by molar-refractivity contribution is 5.73. The molecule has 3 rings (SSSR count). The van der Waals surface area contributed by atoms with Crippen LogP contribution in [0.5, 0.6) is 0 Å². The van der Waals surface area contributed by atoms with Gasteiger partial charge < -0.3 is 18.3 Å². The predicted octanol–water partition coefficient (Wildman–Crippen LogP) is 1.52. The summed E-state index contributed by atoms with van der Waals surface area (Å²) in [4.78, 5) is 67.9. The van der Waals surface area contributed by atoms with Crippen molar-refractivity contribution in [3.05, 3.63) is 88.9 Å². The number of nitro groups is 2. The van der Waals surface area contributed by atoms with Crippen molar-refractivity contribution < 1.29 is 42.1 Å². The van der Waals surface area contributed by atoms with Gasteiger partial charge in [-0.05, 0) is 12.1 Å². The van der Waals surface area contributed by atoms with Gasteiger partial charge in [-0.1, -0.05) is 0 Å². The number of nitrogens with zero attached hydrogens (tertiary/aromatic N) is 4. The lowest BCUT2D eigenvalue weighted by Crippen LogP contribution is -2.47. The van der Waals surface area contributed by atoms with Crippen LogP contribution in [0.4, 0.5) is 25.7 Å². The van der Waals surface area contributed by atoms with Crippen molar-refractivity contribution in [2.75, 3.05) is 0 Å². The van der Waals surface area contributed by atoms with E-state index in [1.807, 2.05) is 0 Å². The highest BCUT2D eigenvalue weighted by Gasteiger charge is 2.23. The van der Waals surface area contributed by atoms with Crippen LogP contribution in [0.15, 0.2) is 48.9 Å². The zero-order valence-corrected chi connectivity index (χ0v) is 15.9.